The molecular formula is C13H20ClNO4. The summed E-state index contributed by atoms with van der Waals surface area (Å²) in [6.07, 6.45) is -0.686. The fourth-order valence-electron chi connectivity index (χ4n) is 1.65. The van der Waals surface area contributed by atoms with Gasteiger partial charge in [0.05, 0.1) is 13.2 Å². The lowest BCUT2D eigenvalue weighted by Crippen LogP contribution is -2.38. The molecule has 0 fully saturated rings. The zero-order valence-electron chi connectivity index (χ0n) is 10.7. The van der Waals surface area contributed by atoms with Crippen LogP contribution in [0.1, 0.15) is 0 Å². The normalized spacial score (nSPS) is 12.7. The molecule has 1 aromatic rings. The molecule has 1 rings (SSSR count). The van der Waals surface area contributed by atoms with Crippen molar-refractivity contribution in [3.8, 4) is 5.75 Å². The predicted octanol–water partition coefficient (Wildman–Crippen LogP) is 0.366. The fraction of sp³-hybridized carbons (Fsp3) is 0.538. The van der Waals surface area contributed by atoms with Crippen LogP contribution in [0.3, 0.4) is 0 Å². The fourth-order valence-corrected chi connectivity index (χ4v) is 1.78. The first-order valence-electron chi connectivity index (χ1n) is 6.16. The molecule has 0 aliphatic rings. The van der Waals surface area contributed by atoms with Crippen LogP contribution in [-0.4, -0.2) is 65.8 Å². The summed E-state index contributed by atoms with van der Waals surface area (Å²) in [6.45, 7) is 1.30. The van der Waals surface area contributed by atoms with E-state index < -0.39 is 6.10 Å². The van der Waals surface area contributed by atoms with Gasteiger partial charge in [-0.3, -0.25) is 4.90 Å². The summed E-state index contributed by atoms with van der Waals surface area (Å²) in [6, 6.07) is 6.89. The van der Waals surface area contributed by atoms with Gasteiger partial charge in [-0.05, 0) is 24.3 Å². The quantitative estimate of drug-likeness (QED) is 0.612. The summed E-state index contributed by atoms with van der Waals surface area (Å²) >= 11 is 5.75. The summed E-state index contributed by atoms with van der Waals surface area (Å²) < 4.78 is 5.42. The molecule has 3 N–H and O–H groups in total. The van der Waals surface area contributed by atoms with Crippen LogP contribution < -0.4 is 4.74 Å². The van der Waals surface area contributed by atoms with Gasteiger partial charge in [0.15, 0.2) is 0 Å². The van der Waals surface area contributed by atoms with Crippen molar-refractivity contribution < 1.29 is 20.1 Å². The molecule has 1 unspecified atom stereocenters. The Hall–Kier alpha value is -0.850. The van der Waals surface area contributed by atoms with E-state index in [4.69, 9.17) is 26.6 Å². The predicted molar refractivity (Wildman–Crippen MR) is 73.6 cm³/mol. The number of benzene rings is 1. The monoisotopic (exact) mass is 289 g/mol. The lowest BCUT2D eigenvalue weighted by molar-refractivity contribution is 0.0552. The third kappa shape index (κ3) is 6.75. The minimum absolute atomic E-state index is 0.00917. The summed E-state index contributed by atoms with van der Waals surface area (Å²) in [5, 5.41) is 28.2. The van der Waals surface area contributed by atoms with E-state index in [0.29, 0.717) is 30.4 Å². The van der Waals surface area contributed by atoms with Crippen LogP contribution in [0.15, 0.2) is 24.3 Å². The second-order valence-corrected chi connectivity index (χ2v) is 4.60. The second kappa shape index (κ2) is 9.12. The number of ether oxygens (including phenoxy) is 1. The van der Waals surface area contributed by atoms with Crippen molar-refractivity contribution in [3.63, 3.8) is 0 Å². The average molecular weight is 290 g/mol. The van der Waals surface area contributed by atoms with Crippen LogP contribution >= 0.6 is 11.6 Å². The van der Waals surface area contributed by atoms with Crippen molar-refractivity contribution in [1.29, 1.82) is 0 Å². The highest BCUT2D eigenvalue weighted by atomic mass is 35.5. The van der Waals surface area contributed by atoms with Crippen molar-refractivity contribution >= 4 is 11.6 Å². The van der Waals surface area contributed by atoms with Gasteiger partial charge in [0.25, 0.3) is 0 Å². The molecule has 0 aromatic heterocycles. The van der Waals surface area contributed by atoms with Gasteiger partial charge in [0, 0.05) is 24.7 Å². The van der Waals surface area contributed by atoms with Gasteiger partial charge in [0.2, 0.25) is 0 Å². The molecule has 0 bridgehead atoms. The zero-order valence-corrected chi connectivity index (χ0v) is 11.5. The maximum absolute atomic E-state index is 9.83. The highest BCUT2D eigenvalue weighted by Gasteiger charge is 2.11. The first-order chi connectivity index (χ1) is 9.15. The van der Waals surface area contributed by atoms with Crippen LogP contribution in [0.4, 0.5) is 0 Å². The van der Waals surface area contributed by atoms with Gasteiger partial charge in [-0.25, -0.2) is 0 Å². The lowest BCUT2D eigenvalue weighted by Gasteiger charge is -2.23. The Kier molecular flexibility index (Phi) is 7.78. The Morgan fingerprint density at radius 1 is 1.11 bits per heavy atom. The van der Waals surface area contributed by atoms with Crippen LogP contribution in [0.25, 0.3) is 0 Å². The van der Waals surface area contributed by atoms with Gasteiger partial charge >= 0.3 is 0 Å². The second-order valence-electron chi connectivity index (χ2n) is 4.17. The number of rotatable bonds is 9. The SMILES string of the molecule is OCCN(CCO)CC(O)COc1ccc(Cl)cc1. The minimum atomic E-state index is -0.686. The molecule has 0 heterocycles. The Morgan fingerprint density at radius 2 is 1.68 bits per heavy atom. The molecule has 108 valence electrons. The van der Waals surface area contributed by atoms with Crippen LogP contribution in [0, 0.1) is 0 Å². The summed E-state index contributed by atoms with van der Waals surface area (Å²) in [5.41, 5.74) is 0. The molecule has 0 saturated heterocycles. The first-order valence-corrected chi connectivity index (χ1v) is 6.54. The van der Waals surface area contributed by atoms with Crippen molar-refractivity contribution in [1.82, 2.24) is 4.90 Å². The molecule has 0 saturated carbocycles. The minimum Gasteiger partial charge on any atom is -0.491 e. The highest BCUT2D eigenvalue weighted by Crippen LogP contribution is 2.15. The maximum atomic E-state index is 9.83. The molecule has 1 atom stereocenters. The summed E-state index contributed by atoms with van der Waals surface area (Å²) in [7, 11) is 0. The van der Waals surface area contributed by atoms with Crippen molar-refractivity contribution in [2.24, 2.45) is 0 Å². The van der Waals surface area contributed by atoms with Crippen LogP contribution in [-0.2, 0) is 0 Å². The summed E-state index contributed by atoms with van der Waals surface area (Å²) in [4.78, 5) is 1.77. The third-order valence-electron chi connectivity index (χ3n) is 2.56. The van der Waals surface area contributed by atoms with Crippen molar-refractivity contribution in [2.75, 3.05) is 39.5 Å². The molecule has 0 spiro atoms. The molecule has 19 heavy (non-hydrogen) atoms. The van der Waals surface area contributed by atoms with Crippen molar-refractivity contribution in [2.45, 2.75) is 6.10 Å². The van der Waals surface area contributed by atoms with Gasteiger partial charge in [-0.1, -0.05) is 11.6 Å². The number of aliphatic hydroxyl groups excluding tert-OH is 3. The Morgan fingerprint density at radius 3 is 2.21 bits per heavy atom. The van der Waals surface area contributed by atoms with E-state index >= 15 is 0 Å². The van der Waals surface area contributed by atoms with E-state index in [1.54, 1.807) is 29.2 Å². The van der Waals surface area contributed by atoms with Gasteiger partial charge in [0.1, 0.15) is 18.5 Å². The molecule has 0 amide bonds. The molecule has 0 aliphatic carbocycles. The molecule has 0 aliphatic heterocycles. The number of halogens is 1. The smallest absolute Gasteiger partial charge is 0.119 e. The van der Waals surface area contributed by atoms with Gasteiger partial charge < -0.3 is 20.1 Å². The number of hydrogen-bond acceptors (Lipinski definition) is 5. The van der Waals surface area contributed by atoms with E-state index in [0.717, 1.165) is 0 Å². The first kappa shape index (κ1) is 16.2. The van der Waals surface area contributed by atoms with Crippen molar-refractivity contribution in [3.05, 3.63) is 29.3 Å². The summed E-state index contributed by atoms with van der Waals surface area (Å²) in [5.74, 6) is 0.638. The molecule has 6 heteroatoms. The topological polar surface area (TPSA) is 73.2 Å². The van der Waals surface area contributed by atoms with Crippen LogP contribution in [0.2, 0.25) is 5.02 Å². The molecule has 5 nitrogen and oxygen atoms in total. The van der Waals surface area contributed by atoms with E-state index in [-0.39, 0.29) is 19.8 Å². The van der Waals surface area contributed by atoms with E-state index in [1.807, 2.05) is 0 Å². The largest absolute Gasteiger partial charge is 0.491 e. The van der Waals surface area contributed by atoms with E-state index in [1.165, 1.54) is 0 Å². The van der Waals surface area contributed by atoms with Gasteiger partial charge in [-0.15, -0.1) is 0 Å². The molecular weight excluding hydrogens is 270 g/mol. The van der Waals surface area contributed by atoms with Gasteiger partial charge in [-0.2, -0.15) is 0 Å². The number of hydrogen-bond donors (Lipinski definition) is 3. The van der Waals surface area contributed by atoms with E-state index in [2.05, 4.69) is 0 Å². The highest BCUT2D eigenvalue weighted by molar-refractivity contribution is 6.30. The number of aliphatic hydroxyl groups is 3. The Bertz CT molecular complexity index is 341. The molecule has 1 aromatic carbocycles. The Labute approximate surface area is 118 Å². The number of nitrogens with zero attached hydrogens (tertiary/aromatic N) is 1. The van der Waals surface area contributed by atoms with Crippen LogP contribution in [0.5, 0.6) is 5.75 Å². The lowest BCUT2D eigenvalue weighted by atomic mass is 10.3. The standard InChI is InChI=1S/C13H20ClNO4/c14-11-1-3-13(4-2-11)19-10-12(18)9-15(5-7-16)6-8-17/h1-4,12,16-18H,5-10H2. The average Bonchev–Trinajstić information content (AvgIpc) is 2.39. The Balaban J connectivity index is 2.33. The third-order valence-corrected chi connectivity index (χ3v) is 2.81. The zero-order chi connectivity index (χ0) is 14.1. The molecule has 0 radical (unpaired) electrons. The maximum Gasteiger partial charge on any atom is 0.119 e. The van der Waals surface area contributed by atoms with E-state index in [9.17, 15) is 5.11 Å².